The molecule has 4 aromatic carbocycles. The number of hydrogen-bond donors (Lipinski definition) is 4. The summed E-state index contributed by atoms with van der Waals surface area (Å²) in [6.45, 7) is 1.17. The van der Waals surface area contributed by atoms with Gasteiger partial charge in [0.25, 0.3) is 0 Å². The summed E-state index contributed by atoms with van der Waals surface area (Å²) >= 11 is 11.8. The molecule has 54 heavy (non-hydrogen) atoms. The van der Waals surface area contributed by atoms with Gasteiger partial charge < -0.3 is 10.2 Å². The minimum Gasteiger partial charge on any atom is -0.396 e. The van der Waals surface area contributed by atoms with Gasteiger partial charge in [-0.25, -0.2) is 26.3 Å². The highest BCUT2D eigenvalue weighted by atomic mass is 35.5. The molecule has 0 radical (unpaired) electrons. The van der Waals surface area contributed by atoms with Crippen LogP contribution in [0, 0.1) is 10.8 Å². The number of aliphatic hydroxyl groups is 2. The van der Waals surface area contributed by atoms with E-state index in [-0.39, 0.29) is 33.8 Å². The Bertz CT molecular complexity index is 2000. The van der Waals surface area contributed by atoms with Gasteiger partial charge in [0.05, 0.1) is 9.79 Å². The number of nitrogens with one attached hydrogen (secondary N) is 2. The van der Waals surface area contributed by atoms with Gasteiger partial charge in [-0.3, -0.25) is 0 Å². The predicted molar refractivity (Wildman–Crippen MR) is 217 cm³/mol. The summed E-state index contributed by atoms with van der Waals surface area (Å²) in [5.74, 6) is 0. The topological polar surface area (TPSA) is 133 Å². The van der Waals surface area contributed by atoms with Gasteiger partial charge in [-0.1, -0.05) is 103 Å². The lowest BCUT2D eigenvalue weighted by Crippen LogP contribution is -2.37. The van der Waals surface area contributed by atoms with Crippen LogP contribution in [-0.4, -0.2) is 53.4 Å². The molecular weight excluding hydrogens is 764 g/mol. The Hall–Kier alpha value is -2.80. The zero-order valence-electron chi connectivity index (χ0n) is 30.7. The third-order valence-electron chi connectivity index (χ3n) is 10.8. The second-order valence-corrected chi connectivity index (χ2v) is 19.3. The van der Waals surface area contributed by atoms with Gasteiger partial charge in [0.15, 0.2) is 0 Å². The normalized spacial score (nSPS) is 16.5. The fourth-order valence-corrected chi connectivity index (χ4v) is 10.5. The number of halogens is 2. The van der Waals surface area contributed by atoms with E-state index in [9.17, 15) is 16.8 Å². The molecular formula is C42H52Cl2N2O6S2. The molecule has 0 amide bonds. The largest absolute Gasteiger partial charge is 0.396 e. The van der Waals surface area contributed by atoms with Crippen LogP contribution in [0.25, 0.3) is 0 Å². The van der Waals surface area contributed by atoms with E-state index in [1.54, 1.807) is 30.3 Å². The molecule has 2 aliphatic rings. The van der Waals surface area contributed by atoms with Crippen LogP contribution in [0.4, 0.5) is 0 Å². The molecule has 2 fully saturated rings. The van der Waals surface area contributed by atoms with E-state index in [1.807, 2.05) is 24.3 Å². The summed E-state index contributed by atoms with van der Waals surface area (Å²) < 4.78 is 56.2. The molecule has 0 saturated heterocycles. The van der Waals surface area contributed by atoms with E-state index in [1.165, 1.54) is 29.3 Å². The third-order valence-corrected chi connectivity index (χ3v) is 14.1. The lowest BCUT2D eigenvalue weighted by molar-refractivity contribution is 0.294. The standard InChI is InChI=1S/2C21H26ClNO3S/c22-19-7-9-20(10-8-19)27(25,26)23-16-21(12-1-2-13-21)15-18-5-3-17(4-6-18)11-14-24;22-19-4-3-5-20(14-19)27(25,26)23-16-21(11-1-2-12-21)15-18-8-6-17(7-9-18)10-13-24/h3-10,23-24H,1-2,11-16H2;3-9,14,23-24H,1-2,10-13,15-16H2. The summed E-state index contributed by atoms with van der Waals surface area (Å²) in [7, 11) is -7.12. The molecule has 4 N–H and O–H groups in total. The van der Waals surface area contributed by atoms with Crippen molar-refractivity contribution >= 4 is 43.2 Å². The fourth-order valence-electron chi connectivity index (χ4n) is 7.76. The average Bonchev–Trinajstić information content (AvgIpc) is 3.83. The maximum atomic E-state index is 12.7. The molecule has 0 atom stereocenters. The van der Waals surface area contributed by atoms with Crippen molar-refractivity contribution in [3.8, 4) is 0 Å². The molecule has 0 aliphatic heterocycles. The van der Waals surface area contributed by atoms with E-state index in [0.29, 0.717) is 36.0 Å². The van der Waals surface area contributed by atoms with Gasteiger partial charge in [0, 0.05) is 36.3 Å². The summed E-state index contributed by atoms with van der Waals surface area (Å²) in [5, 5.41) is 19.0. The molecule has 6 rings (SSSR count). The van der Waals surface area contributed by atoms with Gasteiger partial charge >= 0.3 is 0 Å². The first-order valence-corrected chi connectivity index (χ1v) is 22.5. The van der Waals surface area contributed by atoms with Crippen LogP contribution in [0.1, 0.15) is 73.6 Å². The van der Waals surface area contributed by atoms with Crippen LogP contribution in [0.2, 0.25) is 10.0 Å². The maximum Gasteiger partial charge on any atom is 0.240 e. The van der Waals surface area contributed by atoms with Gasteiger partial charge in [-0.2, -0.15) is 0 Å². The highest BCUT2D eigenvalue weighted by Gasteiger charge is 2.36. The second-order valence-electron chi connectivity index (χ2n) is 14.9. The third kappa shape index (κ3) is 12.1. The van der Waals surface area contributed by atoms with Crippen LogP contribution in [0.3, 0.4) is 0 Å². The van der Waals surface area contributed by atoms with Crippen molar-refractivity contribution in [2.24, 2.45) is 10.8 Å². The van der Waals surface area contributed by atoms with Crippen molar-refractivity contribution < 1.29 is 27.0 Å². The van der Waals surface area contributed by atoms with E-state index in [0.717, 1.165) is 75.3 Å². The number of sulfonamides is 2. The lowest BCUT2D eigenvalue weighted by Gasteiger charge is -2.29. The van der Waals surface area contributed by atoms with Crippen LogP contribution in [0.5, 0.6) is 0 Å². The lowest BCUT2D eigenvalue weighted by atomic mass is 9.80. The van der Waals surface area contributed by atoms with E-state index in [4.69, 9.17) is 33.4 Å². The van der Waals surface area contributed by atoms with Crippen molar-refractivity contribution in [1.82, 2.24) is 9.44 Å². The monoisotopic (exact) mass is 814 g/mol. The number of hydrogen-bond acceptors (Lipinski definition) is 6. The first-order valence-electron chi connectivity index (χ1n) is 18.7. The Labute approximate surface area is 331 Å². The fraction of sp³-hybridized carbons (Fsp3) is 0.429. The first kappa shape index (κ1) is 42.3. The van der Waals surface area contributed by atoms with Gasteiger partial charge in [0.2, 0.25) is 20.0 Å². The highest BCUT2D eigenvalue weighted by Crippen LogP contribution is 2.42. The minimum absolute atomic E-state index is 0.0437. The molecule has 0 aromatic heterocycles. The zero-order chi connectivity index (χ0) is 38.7. The van der Waals surface area contributed by atoms with Gasteiger partial charge in [0.1, 0.15) is 0 Å². The molecule has 8 nitrogen and oxygen atoms in total. The van der Waals surface area contributed by atoms with E-state index >= 15 is 0 Å². The molecule has 0 bridgehead atoms. The van der Waals surface area contributed by atoms with Crippen molar-refractivity contribution in [2.75, 3.05) is 26.3 Å². The van der Waals surface area contributed by atoms with Crippen LogP contribution in [-0.2, 0) is 45.7 Å². The summed E-state index contributed by atoms with van der Waals surface area (Å²) in [5.41, 5.74) is 4.56. The van der Waals surface area contributed by atoms with E-state index in [2.05, 4.69) is 33.7 Å². The van der Waals surface area contributed by atoms with Crippen LogP contribution < -0.4 is 9.44 Å². The van der Waals surface area contributed by atoms with Crippen molar-refractivity contribution in [1.29, 1.82) is 0 Å². The molecule has 0 spiro atoms. The molecule has 2 aliphatic carbocycles. The number of aliphatic hydroxyl groups excluding tert-OH is 2. The summed E-state index contributed by atoms with van der Waals surface area (Å²) in [6, 6.07) is 29.2. The quantitative estimate of drug-likeness (QED) is 0.0910. The molecule has 12 heteroatoms. The summed E-state index contributed by atoms with van der Waals surface area (Å²) in [4.78, 5) is 0.449. The van der Waals surface area contributed by atoms with Crippen LogP contribution in [0.15, 0.2) is 107 Å². The Morgan fingerprint density at radius 2 is 0.926 bits per heavy atom. The maximum absolute atomic E-state index is 12.7. The Morgan fingerprint density at radius 3 is 1.33 bits per heavy atom. The van der Waals surface area contributed by atoms with Crippen molar-refractivity contribution in [2.45, 2.75) is 86.8 Å². The van der Waals surface area contributed by atoms with Gasteiger partial charge in [-0.15, -0.1) is 0 Å². The smallest absolute Gasteiger partial charge is 0.240 e. The zero-order valence-corrected chi connectivity index (χ0v) is 33.8. The minimum atomic E-state index is -3.58. The molecule has 4 aromatic rings. The number of benzene rings is 4. The molecule has 0 heterocycles. The molecule has 0 unspecified atom stereocenters. The molecule has 2 saturated carbocycles. The van der Waals surface area contributed by atoms with Gasteiger partial charge in [-0.05, 0) is 127 Å². The molecule has 292 valence electrons. The Kier molecular flexibility index (Phi) is 15.2. The summed E-state index contributed by atoms with van der Waals surface area (Å²) in [6.07, 6.45) is 11.6. The first-order chi connectivity index (χ1) is 25.8. The van der Waals surface area contributed by atoms with E-state index < -0.39 is 20.0 Å². The highest BCUT2D eigenvalue weighted by molar-refractivity contribution is 7.89. The van der Waals surface area contributed by atoms with Crippen LogP contribution >= 0.6 is 23.2 Å². The van der Waals surface area contributed by atoms with Crippen molar-refractivity contribution in [3.63, 3.8) is 0 Å². The van der Waals surface area contributed by atoms with Crippen molar-refractivity contribution in [3.05, 3.63) is 129 Å². The predicted octanol–water partition coefficient (Wildman–Crippen LogP) is 7.91. The Morgan fingerprint density at radius 1 is 0.519 bits per heavy atom. The second kappa shape index (κ2) is 19.4. The Balaban J connectivity index is 0.000000208. The SMILES string of the molecule is O=S(=O)(NCC1(Cc2ccc(CCO)cc2)CCCC1)c1ccc(Cl)cc1.O=S(=O)(NCC1(Cc2ccc(CCO)cc2)CCCC1)c1cccc(Cl)c1. The average molecular weight is 816 g/mol. The number of rotatable bonds is 16.